The molecule has 0 spiro atoms. The molecule has 1 amide bonds. The predicted molar refractivity (Wildman–Crippen MR) is 57.7 cm³/mol. The maximum absolute atomic E-state index is 11.4. The molecule has 2 aliphatic rings. The molecule has 0 aliphatic carbocycles. The maximum Gasteiger partial charge on any atom is 0.409 e. The Morgan fingerprint density at radius 3 is 2.13 bits per heavy atom. The molecule has 0 radical (unpaired) electrons. The minimum atomic E-state index is -0.166. The molecular weight excluding hydrogens is 192 g/mol. The molecule has 0 aromatic carbocycles. The second kappa shape index (κ2) is 4.00. The molecule has 0 aromatic rings. The Balaban J connectivity index is 1.90. The fourth-order valence-corrected chi connectivity index (χ4v) is 2.73. The molecule has 2 heterocycles. The molecule has 0 saturated carbocycles. The average molecular weight is 212 g/mol. The zero-order chi connectivity index (χ0) is 11.0. The molecule has 2 atom stereocenters. The third-order valence-electron chi connectivity index (χ3n) is 3.68. The highest BCUT2D eigenvalue weighted by atomic mass is 16.5. The van der Waals surface area contributed by atoms with Crippen LogP contribution >= 0.6 is 0 Å². The summed E-state index contributed by atoms with van der Waals surface area (Å²) < 4.78 is 4.75. The number of hydrogen-bond acceptors (Lipinski definition) is 3. The lowest BCUT2D eigenvalue weighted by atomic mass is 10.0. The van der Waals surface area contributed by atoms with Crippen molar-refractivity contribution in [1.29, 1.82) is 0 Å². The summed E-state index contributed by atoms with van der Waals surface area (Å²) in [6.45, 7) is 8.49. The Kier molecular flexibility index (Phi) is 2.87. The standard InChI is InChI=1S/C11H20N2O2/c1-8(2)12-4-9-6-13(11(14)15-3)7-10(9)5-12/h8-10H,4-7H2,1-3H3/t9-,10+. The van der Waals surface area contributed by atoms with Gasteiger partial charge in [-0.3, -0.25) is 0 Å². The van der Waals surface area contributed by atoms with Crippen molar-refractivity contribution in [2.45, 2.75) is 19.9 Å². The summed E-state index contributed by atoms with van der Waals surface area (Å²) in [5.41, 5.74) is 0. The smallest absolute Gasteiger partial charge is 0.409 e. The molecule has 4 nitrogen and oxygen atoms in total. The van der Waals surface area contributed by atoms with Crippen LogP contribution in [0, 0.1) is 11.8 Å². The molecule has 86 valence electrons. The van der Waals surface area contributed by atoms with E-state index >= 15 is 0 Å². The van der Waals surface area contributed by atoms with Gasteiger partial charge in [-0.2, -0.15) is 0 Å². The van der Waals surface area contributed by atoms with E-state index in [0.717, 1.165) is 26.2 Å². The van der Waals surface area contributed by atoms with Crippen molar-refractivity contribution in [3.8, 4) is 0 Å². The maximum atomic E-state index is 11.4. The number of fused-ring (bicyclic) bond motifs is 1. The molecule has 2 saturated heterocycles. The number of rotatable bonds is 1. The van der Waals surface area contributed by atoms with Gasteiger partial charge in [0, 0.05) is 32.2 Å². The van der Waals surface area contributed by atoms with Gasteiger partial charge >= 0.3 is 6.09 Å². The van der Waals surface area contributed by atoms with Gasteiger partial charge in [0.15, 0.2) is 0 Å². The summed E-state index contributed by atoms with van der Waals surface area (Å²) in [5, 5.41) is 0. The highest BCUT2D eigenvalue weighted by Crippen LogP contribution is 2.32. The lowest BCUT2D eigenvalue weighted by Crippen LogP contribution is -2.35. The first kappa shape index (κ1) is 10.7. The van der Waals surface area contributed by atoms with Crippen LogP contribution in [-0.4, -0.2) is 55.2 Å². The Bertz CT molecular complexity index is 241. The van der Waals surface area contributed by atoms with E-state index in [2.05, 4.69) is 18.7 Å². The van der Waals surface area contributed by atoms with E-state index in [-0.39, 0.29) is 6.09 Å². The number of likely N-dealkylation sites (tertiary alicyclic amines) is 2. The van der Waals surface area contributed by atoms with E-state index in [1.54, 1.807) is 0 Å². The summed E-state index contributed by atoms with van der Waals surface area (Å²) >= 11 is 0. The Hall–Kier alpha value is -0.770. The van der Waals surface area contributed by atoms with Crippen LogP contribution in [0.4, 0.5) is 4.79 Å². The van der Waals surface area contributed by atoms with Gasteiger partial charge in [0.25, 0.3) is 0 Å². The molecule has 4 heteroatoms. The van der Waals surface area contributed by atoms with Gasteiger partial charge in [0.2, 0.25) is 0 Å². The molecule has 0 aromatic heterocycles. The molecule has 0 bridgehead atoms. The highest BCUT2D eigenvalue weighted by molar-refractivity contribution is 5.67. The first-order valence-corrected chi connectivity index (χ1v) is 5.68. The third kappa shape index (κ3) is 1.95. The summed E-state index contributed by atoms with van der Waals surface area (Å²) in [4.78, 5) is 15.7. The first-order chi connectivity index (χ1) is 7.11. The summed E-state index contributed by atoms with van der Waals surface area (Å²) in [7, 11) is 1.46. The first-order valence-electron chi connectivity index (χ1n) is 5.68. The quantitative estimate of drug-likeness (QED) is 0.650. The van der Waals surface area contributed by atoms with Gasteiger partial charge in [-0.15, -0.1) is 0 Å². The number of carbonyl (C=O) groups is 1. The molecule has 2 fully saturated rings. The number of ether oxygens (including phenoxy) is 1. The van der Waals surface area contributed by atoms with Crippen molar-refractivity contribution in [2.24, 2.45) is 11.8 Å². The molecule has 2 rings (SSSR count). The van der Waals surface area contributed by atoms with Crippen molar-refractivity contribution in [3.05, 3.63) is 0 Å². The van der Waals surface area contributed by atoms with Crippen molar-refractivity contribution in [2.75, 3.05) is 33.3 Å². The van der Waals surface area contributed by atoms with E-state index in [1.807, 2.05) is 4.90 Å². The van der Waals surface area contributed by atoms with E-state index in [1.165, 1.54) is 7.11 Å². The van der Waals surface area contributed by atoms with Crippen LogP contribution in [0.3, 0.4) is 0 Å². The fraction of sp³-hybridized carbons (Fsp3) is 0.909. The number of nitrogens with zero attached hydrogens (tertiary/aromatic N) is 2. The normalized spacial score (nSPS) is 31.1. The van der Waals surface area contributed by atoms with E-state index < -0.39 is 0 Å². The monoisotopic (exact) mass is 212 g/mol. The van der Waals surface area contributed by atoms with Gasteiger partial charge in [0.1, 0.15) is 0 Å². The van der Waals surface area contributed by atoms with Crippen LogP contribution in [0.25, 0.3) is 0 Å². The van der Waals surface area contributed by atoms with Gasteiger partial charge in [-0.05, 0) is 25.7 Å². The fourth-order valence-electron chi connectivity index (χ4n) is 2.73. The summed E-state index contributed by atoms with van der Waals surface area (Å²) in [6.07, 6.45) is -0.166. The predicted octanol–water partition coefficient (Wildman–Crippen LogP) is 1.02. The molecule has 0 unspecified atom stereocenters. The minimum absolute atomic E-state index is 0.166. The summed E-state index contributed by atoms with van der Waals surface area (Å²) in [6, 6.07) is 0.627. The molecular formula is C11H20N2O2. The zero-order valence-corrected chi connectivity index (χ0v) is 9.77. The average Bonchev–Trinajstić information content (AvgIpc) is 2.72. The van der Waals surface area contributed by atoms with Crippen LogP contribution < -0.4 is 0 Å². The van der Waals surface area contributed by atoms with Crippen LogP contribution in [0.2, 0.25) is 0 Å². The minimum Gasteiger partial charge on any atom is -0.453 e. The van der Waals surface area contributed by atoms with Crippen LogP contribution in [-0.2, 0) is 4.74 Å². The second-order valence-electron chi connectivity index (χ2n) is 4.94. The van der Waals surface area contributed by atoms with Crippen LogP contribution in [0.15, 0.2) is 0 Å². The van der Waals surface area contributed by atoms with E-state index in [4.69, 9.17) is 4.74 Å². The molecule has 2 aliphatic heterocycles. The largest absolute Gasteiger partial charge is 0.453 e. The Morgan fingerprint density at radius 1 is 1.20 bits per heavy atom. The highest BCUT2D eigenvalue weighted by Gasteiger charge is 2.42. The molecule has 0 N–H and O–H groups in total. The lowest BCUT2D eigenvalue weighted by Gasteiger charge is -2.23. The number of carbonyl (C=O) groups excluding carboxylic acids is 1. The van der Waals surface area contributed by atoms with Gasteiger partial charge in [-0.1, -0.05) is 0 Å². The van der Waals surface area contributed by atoms with Crippen molar-refractivity contribution < 1.29 is 9.53 Å². The topological polar surface area (TPSA) is 32.8 Å². The Labute approximate surface area is 91.2 Å². The lowest BCUT2D eigenvalue weighted by molar-refractivity contribution is 0.126. The molecule has 15 heavy (non-hydrogen) atoms. The SMILES string of the molecule is COC(=O)N1C[C@@H]2CN(C(C)C)C[C@@H]2C1. The van der Waals surface area contributed by atoms with E-state index in [0.29, 0.717) is 17.9 Å². The second-order valence-corrected chi connectivity index (χ2v) is 4.94. The third-order valence-corrected chi connectivity index (χ3v) is 3.68. The van der Waals surface area contributed by atoms with Crippen molar-refractivity contribution in [3.63, 3.8) is 0 Å². The number of hydrogen-bond donors (Lipinski definition) is 0. The van der Waals surface area contributed by atoms with Gasteiger partial charge in [-0.25, -0.2) is 4.79 Å². The van der Waals surface area contributed by atoms with Gasteiger partial charge < -0.3 is 14.5 Å². The summed E-state index contributed by atoms with van der Waals surface area (Å²) in [5.74, 6) is 1.32. The van der Waals surface area contributed by atoms with Crippen LogP contribution in [0.1, 0.15) is 13.8 Å². The van der Waals surface area contributed by atoms with Crippen LogP contribution in [0.5, 0.6) is 0 Å². The zero-order valence-electron chi connectivity index (χ0n) is 9.77. The number of amides is 1. The number of methoxy groups -OCH3 is 1. The Morgan fingerprint density at radius 2 is 1.73 bits per heavy atom. The van der Waals surface area contributed by atoms with Gasteiger partial charge in [0.05, 0.1) is 7.11 Å². The van der Waals surface area contributed by atoms with E-state index in [9.17, 15) is 4.79 Å². The van der Waals surface area contributed by atoms with Crippen molar-refractivity contribution in [1.82, 2.24) is 9.80 Å². The van der Waals surface area contributed by atoms with Crippen molar-refractivity contribution >= 4 is 6.09 Å².